The molecule has 2 aromatic rings. The molecule has 2 aromatic carbocycles. The molecule has 0 unspecified atom stereocenters. The highest BCUT2D eigenvalue weighted by atomic mass is 32.2. The van der Waals surface area contributed by atoms with Crippen LogP contribution in [0.15, 0.2) is 41.3 Å². The van der Waals surface area contributed by atoms with E-state index in [0.717, 1.165) is 22.3 Å². The van der Waals surface area contributed by atoms with E-state index in [4.69, 9.17) is 0 Å². The lowest BCUT2D eigenvalue weighted by molar-refractivity contribution is 0.579. The van der Waals surface area contributed by atoms with Gasteiger partial charge in [0.2, 0.25) is 10.0 Å². The molecular weight excluding hydrogens is 318 g/mol. The minimum Gasteiger partial charge on any atom is -0.207 e. The van der Waals surface area contributed by atoms with Gasteiger partial charge in [-0.1, -0.05) is 62.7 Å². The molecule has 0 atom stereocenters. The van der Waals surface area contributed by atoms with Crippen molar-refractivity contribution in [3.63, 3.8) is 0 Å². The van der Waals surface area contributed by atoms with Crippen LogP contribution in [0.2, 0.25) is 0 Å². The molecule has 0 aliphatic heterocycles. The van der Waals surface area contributed by atoms with Crippen molar-refractivity contribution >= 4 is 10.0 Å². The molecule has 0 radical (unpaired) electrons. The van der Waals surface area contributed by atoms with E-state index in [-0.39, 0.29) is 5.41 Å². The van der Waals surface area contributed by atoms with Crippen LogP contribution in [0.4, 0.5) is 0 Å². The first-order chi connectivity index (χ1) is 11.0. The normalized spacial score (nSPS) is 12.4. The standard InChI is InChI=1S/C20H27NO2S/c1-14-11-15(2)19(16(3)12-14)24(22,23)21-13-17-7-9-18(10-8-17)20(4,5)6/h7-12,21H,13H2,1-6H3. The first-order valence-corrected chi connectivity index (χ1v) is 9.66. The maximum Gasteiger partial charge on any atom is 0.241 e. The van der Waals surface area contributed by atoms with Crippen LogP contribution >= 0.6 is 0 Å². The van der Waals surface area contributed by atoms with E-state index in [1.54, 1.807) is 0 Å². The lowest BCUT2D eigenvalue weighted by atomic mass is 9.87. The molecule has 0 heterocycles. The van der Waals surface area contributed by atoms with E-state index in [1.165, 1.54) is 5.56 Å². The highest BCUT2D eigenvalue weighted by Gasteiger charge is 2.19. The van der Waals surface area contributed by atoms with Gasteiger partial charge in [0.1, 0.15) is 0 Å². The topological polar surface area (TPSA) is 46.2 Å². The molecule has 0 aliphatic carbocycles. The largest absolute Gasteiger partial charge is 0.241 e. The number of hydrogen-bond donors (Lipinski definition) is 1. The zero-order valence-corrected chi connectivity index (χ0v) is 16.2. The fraction of sp³-hybridized carbons (Fsp3) is 0.400. The number of benzene rings is 2. The maximum atomic E-state index is 12.7. The fourth-order valence-corrected chi connectivity index (χ4v) is 4.43. The lowest BCUT2D eigenvalue weighted by Crippen LogP contribution is -2.25. The van der Waals surface area contributed by atoms with Crippen molar-refractivity contribution in [1.82, 2.24) is 4.72 Å². The molecule has 4 heteroatoms. The van der Waals surface area contributed by atoms with E-state index < -0.39 is 10.0 Å². The van der Waals surface area contributed by atoms with Gasteiger partial charge in [-0.25, -0.2) is 13.1 Å². The molecule has 3 nitrogen and oxygen atoms in total. The summed E-state index contributed by atoms with van der Waals surface area (Å²) < 4.78 is 28.1. The Labute approximate surface area is 146 Å². The molecular formula is C20H27NO2S. The van der Waals surface area contributed by atoms with Gasteiger partial charge < -0.3 is 0 Å². The van der Waals surface area contributed by atoms with Crippen LogP contribution in [0.1, 0.15) is 48.6 Å². The summed E-state index contributed by atoms with van der Waals surface area (Å²) in [7, 11) is -3.53. The Kier molecular flexibility index (Phi) is 5.21. The van der Waals surface area contributed by atoms with Crippen molar-refractivity contribution in [2.24, 2.45) is 0 Å². The summed E-state index contributed by atoms with van der Waals surface area (Å²) in [6.07, 6.45) is 0. The van der Waals surface area contributed by atoms with E-state index in [2.05, 4.69) is 37.6 Å². The van der Waals surface area contributed by atoms with Gasteiger partial charge in [0, 0.05) is 6.54 Å². The van der Waals surface area contributed by atoms with Gasteiger partial charge in [0.15, 0.2) is 0 Å². The summed E-state index contributed by atoms with van der Waals surface area (Å²) >= 11 is 0. The van der Waals surface area contributed by atoms with Crippen LogP contribution in [0.3, 0.4) is 0 Å². The van der Waals surface area contributed by atoms with Gasteiger partial charge in [0.05, 0.1) is 4.90 Å². The Hall–Kier alpha value is -1.65. The summed E-state index contributed by atoms with van der Waals surface area (Å²) in [5.74, 6) is 0. The van der Waals surface area contributed by atoms with Crippen molar-refractivity contribution in [3.8, 4) is 0 Å². The van der Waals surface area contributed by atoms with Crippen molar-refractivity contribution < 1.29 is 8.42 Å². The molecule has 0 aromatic heterocycles. The third kappa shape index (κ3) is 4.25. The van der Waals surface area contributed by atoms with Crippen molar-refractivity contribution in [2.45, 2.75) is 58.4 Å². The van der Waals surface area contributed by atoms with Gasteiger partial charge in [-0.15, -0.1) is 0 Å². The molecule has 0 spiro atoms. The molecule has 0 saturated carbocycles. The molecule has 2 rings (SSSR count). The summed E-state index contributed by atoms with van der Waals surface area (Å²) in [5, 5.41) is 0. The first kappa shape index (κ1) is 18.7. The number of nitrogens with one attached hydrogen (secondary N) is 1. The monoisotopic (exact) mass is 345 g/mol. The Balaban J connectivity index is 2.19. The van der Waals surface area contributed by atoms with E-state index >= 15 is 0 Å². The van der Waals surface area contributed by atoms with Crippen LogP contribution in [0, 0.1) is 20.8 Å². The summed E-state index contributed by atoms with van der Waals surface area (Å²) in [6, 6.07) is 11.9. The third-order valence-electron chi connectivity index (χ3n) is 4.16. The van der Waals surface area contributed by atoms with Crippen LogP contribution in [-0.4, -0.2) is 8.42 Å². The fourth-order valence-electron chi connectivity index (χ4n) is 2.96. The second-order valence-corrected chi connectivity index (χ2v) is 9.20. The second kappa shape index (κ2) is 6.69. The van der Waals surface area contributed by atoms with Crippen LogP contribution in [-0.2, 0) is 22.0 Å². The van der Waals surface area contributed by atoms with E-state index in [1.807, 2.05) is 45.0 Å². The smallest absolute Gasteiger partial charge is 0.207 e. The number of aryl methyl sites for hydroxylation is 3. The van der Waals surface area contributed by atoms with Crippen molar-refractivity contribution in [1.29, 1.82) is 0 Å². The Morgan fingerprint density at radius 1 is 0.917 bits per heavy atom. The summed E-state index contributed by atoms with van der Waals surface area (Å²) in [4.78, 5) is 0.388. The van der Waals surface area contributed by atoms with E-state index in [9.17, 15) is 8.42 Å². The van der Waals surface area contributed by atoms with Gasteiger partial charge in [-0.3, -0.25) is 0 Å². The third-order valence-corrected chi connectivity index (χ3v) is 5.87. The lowest BCUT2D eigenvalue weighted by Gasteiger charge is -2.19. The predicted octanol–water partition coefficient (Wildman–Crippen LogP) is 4.39. The maximum absolute atomic E-state index is 12.7. The second-order valence-electron chi connectivity index (χ2n) is 7.50. The molecule has 130 valence electrons. The van der Waals surface area contributed by atoms with Crippen molar-refractivity contribution in [3.05, 3.63) is 64.2 Å². The van der Waals surface area contributed by atoms with Crippen LogP contribution in [0.25, 0.3) is 0 Å². The van der Waals surface area contributed by atoms with Crippen molar-refractivity contribution in [2.75, 3.05) is 0 Å². The van der Waals surface area contributed by atoms with Crippen LogP contribution < -0.4 is 4.72 Å². The Bertz CT molecular complexity index is 806. The molecule has 0 amide bonds. The number of sulfonamides is 1. The van der Waals surface area contributed by atoms with Gasteiger partial charge in [0.25, 0.3) is 0 Å². The van der Waals surface area contributed by atoms with Gasteiger partial charge >= 0.3 is 0 Å². The zero-order valence-electron chi connectivity index (χ0n) is 15.4. The molecule has 1 N–H and O–H groups in total. The minimum atomic E-state index is -3.53. The average molecular weight is 346 g/mol. The molecule has 24 heavy (non-hydrogen) atoms. The summed E-state index contributed by atoms with van der Waals surface area (Å²) in [6.45, 7) is 12.4. The van der Waals surface area contributed by atoms with Gasteiger partial charge in [-0.2, -0.15) is 0 Å². The average Bonchev–Trinajstić information content (AvgIpc) is 2.43. The zero-order chi connectivity index (χ0) is 18.1. The van der Waals surface area contributed by atoms with E-state index in [0.29, 0.717) is 11.4 Å². The molecule has 0 saturated heterocycles. The Morgan fingerprint density at radius 2 is 1.42 bits per heavy atom. The van der Waals surface area contributed by atoms with Crippen LogP contribution in [0.5, 0.6) is 0 Å². The predicted molar refractivity (Wildman–Crippen MR) is 99.8 cm³/mol. The molecule has 0 bridgehead atoms. The SMILES string of the molecule is Cc1cc(C)c(S(=O)(=O)NCc2ccc(C(C)(C)C)cc2)c(C)c1. The highest BCUT2D eigenvalue weighted by molar-refractivity contribution is 7.89. The molecule has 0 fully saturated rings. The number of rotatable bonds is 4. The van der Waals surface area contributed by atoms with Gasteiger partial charge in [-0.05, 0) is 48.4 Å². The first-order valence-electron chi connectivity index (χ1n) is 8.17. The summed E-state index contributed by atoms with van der Waals surface area (Å²) in [5.41, 5.74) is 4.91. The number of hydrogen-bond acceptors (Lipinski definition) is 2. The highest BCUT2D eigenvalue weighted by Crippen LogP contribution is 2.23. The molecule has 0 aliphatic rings. The quantitative estimate of drug-likeness (QED) is 0.893. The minimum absolute atomic E-state index is 0.0914. The Morgan fingerprint density at radius 3 is 1.88 bits per heavy atom.